The predicted molar refractivity (Wildman–Crippen MR) is 116 cm³/mol. The van der Waals surface area contributed by atoms with Crippen molar-refractivity contribution in [2.75, 3.05) is 32.9 Å². The summed E-state index contributed by atoms with van der Waals surface area (Å²) < 4.78 is 41.2. The zero-order valence-electron chi connectivity index (χ0n) is 17.1. The van der Waals surface area contributed by atoms with Crippen LogP contribution in [0.25, 0.3) is 0 Å². The van der Waals surface area contributed by atoms with E-state index in [2.05, 4.69) is 29.5 Å². The largest absolute Gasteiger partial charge is 0.384 e. The molecule has 0 radical (unpaired) electrons. The number of nitriles is 1. The van der Waals surface area contributed by atoms with E-state index in [4.69, 9.17) is 5.41 Å². The lowest BCUT2D eigenvalue weighted by molar-refractivity contribution is 0.407. The molecule has 0 aromatic rings. The monoisotopic (exact) mass is 452 g/mol. The SMILES string of the molecule is C=C(F)/C=C(\C=C(\F)CF)P(N=O)N1CCN/C(=C(\C=N)N2CC(C#N)C(C)C2=C)C1. The molecule has 0 amide bonds. The van der Waals surface area contributed by atoms with Gasteiger partial charge in [0.1, 0.15) is 18.3 Å². The highest BCUT2D eigenvalue weighted by molar-refractivity contribution is 7.58. The second kappa shape index (κ2) is 11.0. The number of hydrogen-bond acceptors (Lipinski definition) is 7. The number of rotatable bonds is 8. The third-order valence-corrected chi connectivity index (χ3v) is 6.87. The van der Waals surface area contributed by atoms with Crippen molar-refractivity contribution in [2.45, 2.75) is 6.92 Å². The molecule has 3 unspecified atom stereocenters. The molecule has 2 heterocycles. The fraction of sp³-hybridized carbons (Fsp3) is 0.400. The van der Waals surface area contributed by atoms with E-state index in [0.717, 1.165) is 18.4 Å². The summed E-state index contributed by atoms with van der Waals surface area (Å²) in [5.74, 6) is -2.41. The highest BCUT2D eigenvalue weighted by Crippen LogP contribution is 2.52. The topological polar surface area (TPSA) is 95.6 Å². The summed E-state index contributed by atoms with van der Waals surface area (Å²) in [5.41, 5.74) is 1.79. The van der Waals surface area contributed by atoms with Crippen LogP contribution in [0.3, 0.4) is 0 Å². The van der Waals surface area contributed by atoms with Crippen LogP contribution in [0.1, 0.15) is 6.92 Å². The highest BCUT2D eigenvalue weighted by Gasteiger charge is 2.36. The molecule has 0 aromatic heterocycles. The van der Waals surface area contributed by atoms with Crippen molar-refractivity contribution in [3.8, 4) is 6.07 Å². The van der Waals surface area contributed by atoms with Crippen LogP contribution in [0.15, 0.2) is 64.3 Å². The van der Waals surface area contributed by atoms with E-state index in [1.165, 1.54) is 0 Å². The van der Waals surface area contributed by atoms with Crippen molar-refractivity contribution < 1.29 is 13.2 Å². The lowest BCUT2D eigenvalue weighted by Crippen LogP contribution is -2.41. The fourth-order valence-corrected chi connectivity index (χ4v) is 5.05. The number of nitrogens with one attached hydrogen (secondary N) is 2. The highest BCUT2D eigenvalue weighted by atomic mass is 31.1. The van der Waals surface area contributed by atoms with Crippen molar-refractivity contribution in [1.29, 1.82) is 10.7 Å². The molecule has 2 fully saturated rings. The molecule has 2 N–H and O–H groups in total. The summed E-state index contributed by atoms with van der Waals surface area (Å²) in [7, 11) is -2.07. The maximum atomic E-state index is 13.6. The Hall–Kier alpha value is -2.76. The van der Waals surface area contributed by atoms with Gasteiger partial charge in [-0.3, -0.25) is 0 Å². The van der Waals surface area contributed by atoms with Crippen molar-refractivity contribution in [1.82, 2.24) is 14.9 Å². The Morgan fingerprint density at radius 1 is 1.48 bits per heavy atom. The lowest BCUT2D eigenvalue weighted by atomic mass is 9.98. The van der Waals surface area contributed by atoms with Gasteiger partial charge in [-0.15, -0.1) is 4.91 Å². The fourth-order valence-electron chi connectivity index (χ4n) is 3.45. The summed E-state index contributed by atoms with van der Waals surface area (Å²) >= 11 is 0. The number of nitrogens with zero attached hydrogens (tertiary/aromatic N) is 4. The normalized spacial score (nSPS) is 25.5. The van der Waals surface area contributed by atoms with E-state index in [1.807, 2.05) is 6.92 Å². The molecule has 0 aliphatic carbocycles. The van der Waals surface area contributed by atoms with E-state index < -0.39 is 26.6 Å². The number of likely N-dealkylation sites (tertiary alicyclic amines) is 1. The van der Waals surface area contributed by atoms with Gasteiger partial charge in [-0.05, 0) is 17.1 Å². The van der Waals surface area contributed by atoms with E-state index in [9.17, 15) is 23.3 Å². The van der Waals surface area contributed by atoms with Gasteiger partial charge in [0.2, 0.25) is 0 Å². The standard InChI is InChI=1S/C20H24F3N6OP/c1-13(22)6-18(7-17(23)8-21)31(27-30)28-5-4-26-19(12-28)20(10-25)29-11-16(9-24)14(2)15(29)3/h6-7,10,14,16,25-26H,1,3-5,8,11-12H2,2H3/b17-7+,18-6+,20-19+,25-10?. The Bertz CT molecular complexity index is 894. The third kappa shape index (κ3) is 5.69. The smallest absolute Gasteiger partial charge is 0.171 e. The zero-order chi connectivity index (χ0) is 23.1. The maximum absolute atomic E-state index is 13.6. The second-order valence-electron chi connectivity index (χ2n) is 7.06. The third-order valence-electron chi connectivity index (χ3n) is 5.12. The van der Waals surface area contributed by atoms with E-state index >= 15 is 0 Å². The molecule has 2 aliphatic heterocycles. The van der Waals surface area contributed by atoms with Crippen molar-refractivity contribution in [3.63, 3.8) is 0 Å². The lowest BCUT2D eigenvalue weighted by Gasteiger charge is -2.35. The number of allylic oxidation sites excluding steroid dienone is 7. The first-order valence-electron chi connectivity index (χ1n) is 9.47. The molecular weight excluding hydrogens is 428 g/mol. The Labute approximate surface area is 180 Å². The second-order valence-corrected chi connectivity index (χ2v) is 8.89. The summed E-state index contributed by atoms with van der Waals surface area (Å²) in [5, 5.41) is 20.3. The van der Waals surface area contributed by atoms with E-state index in [-0.39, 0.29) is 23.7 Å². The van der Waals surface area contributed by atoms with Gasteiger partial charge in [-0.25, -0.2) is 17.8 Å². The van der Waals surface area contributed by atoms with Gasteiger partial charge in [-0.1, -0.05) is 20.1 Å². The van der Waals surface area contributed by atoms with Gasteiger partial charge < -0.3 is 15.6 Å². The first kappa shape index (κ1) is 24.5. The minimum atomic E-state index is -2.07. The molecule has 11 heteroatoms. The molecule has 0 aromatic carbocycles. The molecule has 0 bridgehead atoms. The van der Waals surface area contributed by atoms with Crippen molar-refractivity contribution in [3.05, 3.63) is 64.3 Å². The Kier molecular flexibility index (Phi) is 8.72. The zero-order valence-corrected chi connectivity index (χ0v) is 18.0. The number of hydrogen-bond donors (Lipinski definition) is 2. The van der Waals surface area contributed by atoms with Crippen LogP contribution in [0.2, 0.25) is 0 Å². The van der Waals surface area contributed by atoms with Gasteiger partial charge in [0.25, 0.3) is 0 Å². The van der Waals surface area contributed by atoms with Gasteiger partial charge in [-0.2, -0.15) is 5.26 Å². The molecule has 31 heavy (non-hydrogen) atoms. The summed E-state index contributed by atoms with van der Waals surface area (Å²) in [6.45, 7) is 8.88. The van der Waals surface area contributed by atoms with Crippen LogP contribution in [0, 0.1) is 33.5 Å². The maximum Gasteiger partial charge on any atom is 0.171 e. The minimum Gasteiger partial charge on any atom is -0.384 e. The summed E-state index contributed by atoms with van der Waals surface area (Å²) in [4.78, 5) is 16.5. The predicted octanol–water partition coefficient (Wildman–Crippen LogP) is 4.63. The molecule has 2 rings (SSSR count). The van der Waals surface area contributed by atoms with Gasteiger partial charge in [0.15, 0.2) is 8.22 Å². The average molecular weight is 452 g/mol. The van der Waals surface area contributed by atoms with Gasteiger partial charge in [0, 0.05) is 49.3 Å². The van der Waals surface area contributed by atoms with Crippen molar-refractivity contribution >= 4 is 14.4 Å². The summed E-state index contributed by atoms with van der Waals surface area (Å²) in [6.07, 6.45) is 2.78. The van der Waals surface area contributed by atoms with Crippen LogP contribution < -0.4 is 5.32 Å². The van der Waals surface area contributed by atoms with Crippen molar-refractivity contribution in [2.24, 2.45) is 16.8 Å². The van der Waals surface area contributed by atoms with Crippen LogP contribution >= 0.6 is 8.22 Å². The molecule has 0 saturated carbocycles. The molecule has 0 spiro atoms. The van der Waals surface area contributed by atoms with Crippen LogP contribution in [0.4, 0.5) is 13.2 Å². The van der Waals surface area contributed by atoms with Crippen LogP contribution in [0.5, 0.6) is 0 Å². The van der Waals surface area contributed by atoms with Crippen LogP contribution in [-0.4, -0.2) is 48.6 Å². The number of piperazine rings is 1. The first-order chi connectivity index (χ1) is 14.8. The first-order valence-corrected chi connectivity index (χ1v) is 10.7. The molecule has 166 valence electrons. The number of alkyl halides is 1. The molecule has 2 aliphatic rings. The minimum absolute atomic E-state index is 0.0760. The Balaban J connectivity index is 2.38. The van der Waals surface area contributed by atoms with Gasteiger partial charge in [0.05, 0.1) is 23.4 Å². The number of nitroso groups, excluding NO2 is 1. The Morgan fingerprint density at radius 3 is 2.71 bits per heavy atom. The van der Waals surface area contributed by atoms with Crippen LogP contribution in [-0.2, 0) is 0 Å². The molecule has 2 saturated heterocycles. The Morgan fingerprint density at radius 2 is 2.19 bits per heavy atom. The van der Waals surface area contributed by atoms with E-state index in [1.54, 1.807) is 9.57 Å². The quantitative estimate of drug-likeness (QED) is 0.242. The molecular formula is C20H24F3N6OP. The average Bonchev–Trinajstić information content (AvgIpc) is 3.03. The van der Waals surface area contributed by atoms with Gasteiger partial charge >= 0.3 is 0 Å². The molecule has 7 nitrogen and oxygen atoms in total. The molecule has 3 atom stereocenters. The van der Waals surface area contributed by atoms with E-state index in [0.29, 0.717) is 36.7 Å². The number of halogens is 3. The summed E-state index contributed by atoms with van der Waals surface area (Å²) in [6, 6.07) is 2.24.